The van der Waals surface area contributed by atoms with Gasteiger partial charge < -0.3 is 5.32 Å². The van der Waals surface area contributed by atoms with Gasteiger partial charge in [-0.3, -0.25) is 10.3 Å². The average Bonchev–Trinajstić information content (AvgIpc) is 3.39. The molecule has 2 unspecified atom stereocenters. The summed E-state index contributed by atoms with van der Waals surface area (Å²) in [6, 6.07) is 8.09. The van der Waals surface area contributed by atoms with Crippen LogP contribution in [-0.2, 0) is 6.18 Å². The van der Waals surface area contributed by atoms with Crippen LogP contribution in [0.4, 0.5) is 42.5 Å². The van der Waals surface area contributed by atoms with Crippen LogP contribution in [0.15, 0.2) is 57.6 Å². The number of hydrogen-bond donors (Lipinski definition) is 2. The van der Waals surface area contributed by atoms with Gasteiger partial charge in [-0.2, -0.15) is 36.7 Å². The van der Waals surface area contributed by atoms with Gasteiger partial charge >= 0.3 is 18.4 Å². The molecule has 2 heterocycles. The number of carbonyl (C=O) groups is 1. The number of carbonyl (C=O) groups excluding carboxylic acids is 1. The van der Waals surface area contributed by atoms with Crippen LogP contribution in [0.25, 0.3) is 0 Å². The molecule has 4 rings (SSSR count). The topological polar surface area (TPSA) is 105 Å². The third-order valence-electron chi connectivity index (χ3n) is 5.29. The predicted molar refractivity (Wildman–Crippen MR) is 131 cm³/mol. The van der Waals surface area contributed by atoms with Gasteiger partial charge in [-0.25, -0.2) is 14.8 Å². The molecule has 2 amide bonds. The summed E-state index contributed by atoms with van der Waals surface area (Å²) in [7, 11) is 0. The maximum Gasteiger partial charge on any atom is 0.431 e. The molecular weight excluding hydrogens is 619 g/mol. The lowest BCUT2D eigenvalue weighted by Crippen LogP contribution is -2.43. The van der Waals surface area contributed by atoms with Crippen LogP contribution in [0.1, 0.15) is 17.5 Å². The number of nitriles is 1. The van der Waals surface area contributed by atoms with E-state index in [9.17, 15) is 31.1 Å². The Hall–Kier alpha value is -3.68. The van der Waals surface area contributed by atoms with E-state index in [1.165, 1.54) is 12.1 Å². The van der Waals surface area contributed by atoms with Crippen molar-refractivity contribution in [3.63, 3.8) is 0 Å². The average molecular weight is 633 g/mol. The first-order chi connectivity index (χ1) is 17.3. The van der Waals surface area contributed by atoms with Gasteiger partial charge in [0, 0.05) is 21.9 Å². The van der Waals surface area contributed by atoms with Crippen LogP contribution in [-0.4, -0.2) is 47.2 Å². The van der Waals surface area contributed by atoms with Crippen LogP contribution in [0.3, 0.4) is 0 Å². The molecule has 2 aromatic carbocycles. The summed E-state index contributed by atoms with van der Waals surface area (Å²) >= 11 is 2.08. The molecule has 15 heteroatoms. The van der Waals surface area contributed by atoms with Gasteiger partial charge in [-0.05, 0) is 65.1 Å². The molecule has 8 nitrogen and oxygen atoms in total. The van der Waals surface area contributed by atoms with Crippen molar-refractivity contribution >= 4 is 57.9 Å². The Kier molecular flexibility index (Phi) is 7.13. The minimum atomic E-state index is -4.80. The zero-order valence-electron chi connectivity index (χ0n) is 18.3. The van der Waals surface area contributed by atoms with Crippen molar-refractivity contribution in [1.29, 1.82) is 5.26 Å². The summed E-state index contributed by atoms with van der Waals surface area (Å²) in [6.45, 7) is 0. The number of fused-ring (bicyclic) bond motifs is 1. The lowest BCUT2D eigenvalue weighted by molar-refractivity contribution is -0.137. The van der Waals surface area contributed by atoms with Gasteiger partial charge in [0.25, 0.3) is 0 Å². The number of nitrogens with zero attached hydrogens (tertiary/aromatic N) is 5. The molecule has 0 saturated carbocycles. The maximum atomic E-state index is 13.3. The van der Waals surface area contributed by atoms with Crippen molar-refractivity contribution in [1.82, 2.24) is 10.3 Å². The molecule has 2 aliphatic rings. The molecule has 0 aliphatic carbocycles. The summed E-state index contributed by atoms with van der Waals surface area (Å²) in [4.78, 5) is 20.6. The number of nitrogens with one attached hydrogen (secondary N) is 2. The Morgan fingerprint density at radius 3 is 2.43 bits per heavy atom. The predicted octanol–water partition coefficient (Wildman–Crippen LogP) is 5.44. The molecule has 2 N–H and O–H groups in total. The number of alkyl halides is 6. The smallest absolute Gasteiger partial charge is 0.308 e. The van der Waals surface area contributed by atoms with Crippen molar-refractivity contribution in [2.75, 3.05) is 5.32 Å². The number of guanidine groups is 1. The van der Waals surface area contributed by atoms with Crippen LogP contribution in [0, 0.1) is 14.9 Å². The number of rotatable bonds is 3. The van der Waals surface area contributed by atoms with E-state index in [4.69, 9.17) is 5.26 Å². The minimum Gasteiger partial charge on any atom is -0.308 e. The van der Waals surface area contributed by atoms with E-state index < -0.39 is 53.7 Å². The second-order valence-electron chi connectivity index (χ2n) is 7.81. The fraction of sp³-hybridized carbons (Fsp3) is 0.227. The van der Waals surface area contributed by atoms with Crippen molar-refractivity contribution in [2.24, 2.45) is 15.1 Å². The number of hydrogen-bond acceptors (Lipinski definition) is 6. The molecule has 0 spiro atoms. The second kappa shape index (κ2) is 10.00. The number of amides is 2. The van der Waals surface area contributed by atoms with Gasteiger partial charge in [0.15, 0.2) is 0 Å². The zero-order valence-corrected chi connectivity index (χ0v) is 20.4. The Labute approximate surface area is 218 Å². The van der Waals surface area contributed by atoms with E-state index in [2.05, 4.69) is 48.3 Å². The Balaban J connectivity index is 1.58. The monoisotopic (exact) mass is 633 g/mol. The molecule has 2 aliphatic heterocycles. The van der Waals surface area contributed by atoms with Gasteiger partial charge in [0.1, 0.15) is 11.8 Å². The Morgan fingerprint density at radius 2 is 1.81 bits per heavy atom. The number of benzene rings is 2. The number of hydrazone groups is 1. The standard InChI is InChI=1S/C22H14F6IN7O/c23-21(24,25)15-7-14(4-1-11(15)9-30)31-10-16-17-8-18(22(26,27)28)35-36(17)19(33-16)34-20(37)32-13-5-2-12(29)3-6-13/h1-7,10,16-17H,8H2,(H2,32,33,34,37). The summed E-state index contributed by atoms with van der Waals surface area (Å²) < 4.78 is 80.6. The first-order valence-corrected chi connectivity index (χ1v) is 11.4. The van der Waals surface area contributed by atoms with Crippen molar-refractivity contribution in [3.8, 4) is 6.07 Å². The number of aliphatic imine (C=N–C) groups is 2. The number of halogens is 7. The highest BCUT2D eigenvalue weighted by atomic mass is 127. The van der Waals surface area contributed by atoms with Gasteiger partial charge in [-0.1, -0.05) is 0 Å². The normalized spacial score (nSPS) is 19.4. The molecule has 2 aromatic rings. The molecule has 0 saturated heterocycles. The van der Waals surface area contributed by atoms with Gasteiger partial charge in [-0.15, -0.1) is 0 Å². The van der Waals surface area contributed by atoms with Gasteiger partial charge in [0.05, 0.1) is 28.9 Å². The lowest BCUT2D eigenvalue weighted by Gasteiger charge is -2.18. The summed E-state index contributed by atoms with van der Waals surface area (Å²) in [5, 5.41) is 18.3. The fourth-order valence-corrected chi connectivity index (χ4v) is 3.94. The molecule has 2 atom stereocenters. The van der Waals surface area contributed by atoms with Gasteiger partial charge in [0.2, 0.25) is 5.96 Å². The summed E-state index contributed by atoms with van der Waals surface area (Å²) in [6.07, 6.45) is -9.02. The van der Waals surface area contributed by atoms with E-state index in [0.29, 0.717) is 11.8 Å². The van der Waals surface area contributed by atoms with E-state index in [-0.39, 0.29) is 11.6 Å². The summed E-state index contributed by atoms with van der Waals surface area (Å²) in [5.74, 6) is -0.278. The molecule has 0 radical (unpaired) electrons. The lowest BCUT2D eigenvalue weighted by atomic mass is 10.0. The van der Waals surface area contributed by atoms with Crippen molar-refractivity contribution < 1.29 is 31.1 Å². The Bertz CT molecular complexity index is 1350. The van der Waals surface area contributed by atoms with E-state index >= 15 is 0 Å². The second-order valence-corrected chi connectivity index (χ2v) is 9.05. The largest absolute Gasteiger partial charge is 0.431 e. The number of urea groups is 1. The minimum absolute atomic E-state index is 0.180. The van der Waals surface area contributed by atoms with Crippen molar-refractivity contribution in [3.05, 3.63) is 57.2 Å². The SMILES string of the molecule is N#Cc1ccc(N=CC2N=C(NC(=O)Nc3ccc(I)cc3)N3N=C(C(F)(F)F)CC23)cc1C(F)(F)F. The first-order valence-electron chi connectivity index (χ1n) is 10.4. The van der Waals surface area contributed by atoms with Crippen LogP contribution in [0.5, 0.6) is 0 Å². The van der Waals surface area contributed by atoms with E-state index in [0.717, 1.165) is 20.9 Å². The highest BCUT2D eigenvalue weighted by molar-refractivity contribution is 14.1. The maximum absolute atomic E-state index is 13.3. The molecule has 0 aromatic heterocycles. The molecule has 192 valence electrons. The molecule has 0 fully saturated rings. The highest BCUT2D eigenvalue weighted by Crippen LogP contribution is 2.35. The molecular formula is C22H14F6IN7O. The third kappa shape index (κ3) is 6.01. The van der Waals surface area contributed by atoms with E-state index in [1.54, 1.807) is 24.3 Å². The quantitative estimate of drug-likeness (QED) is 0.268. The van der Waals surface area contributed by atoms with Crippen LogP contribution in [0.2, 0.25) is 0 Å². The zero-order chi connectivity index (χ0) is 27.0. The highest BCUT2D eigenvalue weighted by Gasteiger charge is 2.49. The van der Waals surface area contributed by atoms with Crippen LogP contribution >= 0.6 is 22.6 Å². The Morgan fingerprint density at radius 1 is 1.11 bits per heavy atom. The fourth-order valence-electron chi connectivity index (χ4n) is 3.58. The van der Waals surface area contributed by atoms with E-state index in [1.807, 2.05) is 0 Å². The van der Waals surface area contributed by atoms with Crippen LogP contribution < -0.4 is 10.6 Å². The summed E-state index contributed by atoms with van der Waals surface area (Å²) in [5.41, 5.74) is -2.64. The van der Waals surface area contributed by atoms with Crippen molar-refractivity contribution in [2.45, 2.75) is 30.9 Å². The molecule has 0 bridgehead atoms. The number of anilines is 1. The third-order valence-corrected chi connectivity index (χ3v) is 6.01. The first kappa shape index (κ1) is 26.4. The molecule has 37 heavy (non-hydrogen) atoms.